The van der Waals surface area contributed by atoms with Crippen LogP contribution >= 0.6 is 0 Å². The molecule has 0 fully saturated rings. The molecule has 0 aromatic heterocycles. The molecule has 4 nitrogen and oxygen atoms in total. The molecule has 0 spiro atoms. The quantitative estimate of drug-likeness (QED) is 0.630. The third-order valence-electron chi connectivity index (χ3n) is 3.95. The van der Waals surface area contributed by atoms with Crippen LogP contribution < -0.4 is 5.43 Å². The highest BCUT2D eigenvalue weighted by molar-refractivity contribution is 5.74. The minimum absolute atomic E-state index is 0.697. The molecule has 4 heteroatoms. The van der Waals surface area contributed by atoms with Crippen LogP contribution in [0.25, 0.3) is 11.1 Å². The van der Waals surface area contributed by atoms with Crippen LogP contribution in [0.3, 0.4) is 0 Å². The van der Waals surface area contributed by atoms with E-state index in [1.54, 1.807) is 0 Å². The molecule has 0 saturated carbocycles. The van der Waals surface area contributed by atoms with Crippen molar-refractivity contribution >= 4 is 17.6 Å². The van der Waals surface area contributed by atoms with Gasteiger partial charge in [-0.15, -0.1) is 4.68 Å². The molecule has 3 rings (SSSR count). The molecule has 0 bridgehead atoms. The summed E-state index contributed by atoms with van der Waals surface area (Å²) < 4.78 is 2.09. The Morgan fingerprint density at radius 3 is 2.67 bits per heavy atom. The van der Waals surface area contributed by atoms with Gasteiger partial charge in [-0.3, -0.25) is 0 Å². The average Bonchev–Trinajstić information content (AvgIpc) is 2.46. The fourth-order valence-corrected chi connectivity index (χ4v) is 2.49. The first-order valence-corrected chi connectivity index (χ1v) is 7.13. The predicted octanol–water partition coefficient (Wildman–Crippen LogP) is 4.45. The van der Waals surface area contributed by atoms with Gasteiger partial charge in [0.05, 0.1) is 17.8 Å². The summed E-state index contributed by atoms with van der Waals surface area (Å²) in [6.45, 7) is 5.22. The van der Waals surface area contributed by atoms with E-state index in [1.807, 2.05) is 12.1 Å². The van der Waals surface area contributed by atoms with E-state index in [9.17, 15) is 0 Å². The fourth-order valence-electron chi connectivity index (χ4n) is 2.49. The van der Waals surface area contributed by atoms with Crippen LogP contribution in [-0.4, -0.2) is 17.4 Å². The molecule has 0 saturated heterocycles. The number of hydrogen-bond donors (Lipinski definition) is 2. The van der Waals surface area contributed by atoms with Crippen LogP contribution in [0.4, 0.5) is 11.4 Å². The van der Waals surface area contributed by atoms with E-state index in [4.69, 9.17) is 5.53 Å². The molecule has 1 aliphatic rings. The molecule has 2 aromatic rings. The van der Waals surface area contributed by atoms with Gasteiger partial charge in [-0.05, 0) is 60.4 Å². The summed E-state index contributed by atoms with van der Waals surface area (Å²) in [6.07, 6.45) is 3.28. The maximum absolute atomic E-state index is 7.24. The Morgan fingerprint density at radius 1 is 1.19 bits per heavy atom. The Bertz CT molecular complexity index is 732. The zero-order valence-electron chi connectivity index (χ0n) is 12.4. The maximum atomic E-state index is 7.24. The third kappa shape index (κ3) is 2.70. The summed E-state index contributed by atoms with van der Waals surface area (Å²) in [5.41, 5.74) is 17.1. The first-order chi connectivity index (χ1) is 10.2. The molecule has 106 valence electrons. The largest absolute Gasteiger partial charge is 0.204 e. The number of benzene rings is 2. The Labute approximate surface area is 124 Å². The van der Waals surface area contributed by atoms with Gasteiger partial charge in [0, 0.05) is 0 Å². The number of hydrogen-bond acceptors (Lipinski definition) is 3. The SMILES string of the molecule is Cc1cc(N=N)cc(-c2cccc(N[N+]3=CCC3)c2)c1C. The smallest absolute Gasteiger partial charge is 0.180 e. The lowest BCUT2D eigenvalue weighted by Gasteiger charge is -2.13. The molecule has 2 aromatic carbocycles. The monoisotopic (exact) mass is 279 g/mol. The number of nitrogens with zero attached hydrogens (tertiary/aromatic N) is 2. The van der Waals surface area contributed by atoms with E-state index >= 15 is 0 Å². The molecule has 0 amide bonds. The summed E-state index contributed by atoms with van der Waals surface area (Å²) in [7, 11) is 0. The highest BCUT2D eigenvalue weighted by atomic mass is 15.4. The molecule has 0 radical (unpaired) electrons. The predicted molar refractivity (Wildman–Crippen MR) is 85.6 cm³/mol. The van der Waals surface area contributed by atoms with E-state index in [0.717, 1.165) is 35.3 Å². The standard InChI is InChI=1S/C17H19N4/c1-12-9-16(19-18)11-17(13(12)2)14-5-3-6-15(10-14)20-21-7-4-8-21/h3,5-7,9-11,18,20H,4,8H2,1-2H3/q+1. The van der Waals surface area contributed by atoms with Crippen molar-refractivity contribution in [2.45, 2.75) is 20.3 Å². The summed E-state index contributed by atoms with van der Waals surface area (Å²) in [5, 5.41) is 3.57. The highest BCUT2D eigenvalue weighted by Crippen LogP contribution is 2.31. The van der Waals surface area contributed by atoms with Crippen molar-refractivity contribution in [3.63, 3.8) is 0 Å². The zero-order valence-corrected chi connectivity index (χ0v) is 12.4. The molecular formula is C17H19N4+. The topological polar surface area (TPSA) is 51.2 Å². The lowest BCUT2D eigenvalue weighted by Crippen LogP contribution is -2.30. The van der Waals surface area contributed by atoms with Crippen LogP contribution in [-0.2, 0) is 0 Å². The van der Waals surface area contributed by atoms with Gasteiger partial charge in [0.15, 0.2) is 12.8 Å². The maximum Gasteiger partial charge on any atom is 0.180 e. The zero-order chi connectivity index (χ0) is 14.8. The molecule has 1 heterocycles. The number of anilines is 1. The number of hydrazine groups is 1. The second-order valence-electron chi connectivity index (χ2n) is 5.40. The van der Waals surface area contributed by atoms with E-state index in [2.05, 4.69) is 59.6 Å². The fraction of sp³-hybridized carbons (Fsp3) is 0.235. The van der Waals surface area contributed by atoms with Crippen LogP contribution in [0.2, 0.25) is 0 Å². The normalized spacial score (nSPS) is 13.3. The number of hydrazone groups is 1. The number of aryl methyl sites for hydroxylation is 1. The first kappa shape index (κ1) is 13.5. The number of nitrogens with one attached hydrogen (secondary N) is 2. The molecule has 21 heavy (non-hydrogen) atoms. The molecule has 0 unspecified atom stereocenters. The van der Waals surface area contributed by atoms with Crippen LogP contribution in [0.15, 0.2) is 41.5 Å². The Hall–Kier alpha value is -2.49. The van der Waals surface area contributed by atoms with Crippen molar-refractivity contribution in [1.82, 2.24) is 0 Å². The molecular weight excluding hydrogens is 260 g/mol. The van der Waals surface area contributed by atoms with Crippen molar-refractivity contribution in [3.8, 4) is 11.1 Å². The Balaban J connectivity index is 2.01. The van der Waals surface area contributed by atoms with Crippen molar-refractivity contribution in [2.24, 2.45) is 5.11 Å². The second kappa shape index (κ2) is 5.48. The van der Waals surface area contributed by atoms with Gasteiger partial charge in [0.1, 0.15) is 0 Å². The van der Waals surface area contributed by atoms with Gasteiger partial charge in [0.25, 0.3) is 0 Å². The average molecular weight is 279 g/mol. The van der Waals surface area contributed by atoms with E-state index in [0.29, 0.717) is 5.69 Å². The summed E-state index contributed by atoms with van der Waals surface area (Å²) >= 11 is 0. The van der Waals surface area contributed by atoms with Crippen molar-refractivity contribution in [3.05, 3.63) is 47.5 Å². The summed E-state index contributed by atoms with van der Waals surface area (Å²) in [6, 6.07) is 12.3. The van der Waals surface area contributed by atoms with Crippen LogP contribution in [0.5, 0.6) is 0 Å². The summed E-state index contributed by atoms with van der Waals surface area (Å²) in [4.78, 5) is 0. The molecule has 1 aliphatic heterocycles. The Morgan fingerprint density at radius 2 is 2.00 bits per heavy atom. The van der Waals surface area contributed by atoms with Crippen molar-refractivity contribution < 1.29 is 4.68 Å². The molecule has 2 N–H and O–H groups in total. The Kier molecular flexibility index (Phi) is 3.52. The van der Waals surface area contributed by atoms with Crippen LogP contribution in [0, 0.1) is 19.4 Å². The van der Waals surface area contributed by atoms with Crippen molar-refractivity contribution in [1.29, 1.82) is 5.53 Å². The number of rotatable bonds is 4. The first-order valence-electron chi connectivity index (χ1n) is 7.13. The lowest BCUT2D eigenvalue weighted by molar-refractivity contribution is -0.515. The van der Waals surface area contributed by atoms with Gasteiger partial charge >= 0.3 is 0 Å². The van der Waals surface area contributed by atoms with Gasteiger partial charge in [-0.1, -0.05) is 12.1 Å². The van der Waals surface area contributed by atoms with Gasteiger partial charge in [0.2, 0.25) is 0 Å². The van der Waals surface area contributed by atoms with Gasteiger partial charge < -0.3 is 0 Å². The minimum Gasteiger partial charge on any atom is -0.204 e. The third-order valence-corrected chi connectivity index (χ3v) is 3.95. The minimum atomic E-state index is 0.697. The van der Waals surface area contributed by atoms with Gasteiger partial charge in [-0.25, -0.2) is 5.53 Å². The van der Waals surface area contributed by atoms with Gasteiger partial charge in [-0.2, -0.15) is 10.5 Å². The summed E-state index contributed by atoms with van der Waals surface area (Å²) in [5.74, 6) is 0. The lowest BCUT2D eigenvalue weighted by atomic mass is 9.96. The van der Waals surface area contributed by atoms with E-state index in [1.165, 1.54) is 5.56 Å². The van der Waals surface area contributed by atoms with Crippen LogP contribution in [0.1, 0.15) is 17.5 Å². The highest BCUT2D eigenvalue weighted by Gasteiger charge is 2.14. The second-order valence-corrected chi connectivity index (χ2v) is 5.40. The van der Waals surface area contributed by atoms with E-state index < -0.39 is 0 Å². The van der Waals surface area contributed by atoms with E-state index in [-0.39, 0.29) is 0 Å². The molecule has 0 atom stereocenters. The van der Waals surface area contributed by atoms with Crippen molar-refractivity contribution in [2.75, 3.05) is 12.0 Å². The molecule has 0 aliphatic carbocycles.